The summed E-state index contributed by atoms with van der Waals surface area (Å²) in [5, 5.41) is 9.65. The van der Waals surface area contributed by atoms with Crippen molar-refractivity contribution < 1.29 is 9.59 Å². The van der Waals surface area contributed by atoms with Crippen LogP contribution in [0.2, 0.25) is 0 Å². The van der Waals surface area contributed by atoms with Crippen molar-refractivity contribution >= 4 is 23.3 Å². The van der Waals surface area contributed by atoms with E-state index in [0.29, 0.717) is 28.5 Å². The first kappa shape index (κ1) is 23.9. The van der Waals surface area contributed by atoms with Crippen molar-refractivity contribution in [1.29, 1.82) is 0 Å². The fraction of sp³-hybridized carbons (Fsp3) is 0.417. The zero-order chi connectivity index (χ0) is 23.4. The van der Waals surface area contributed by atoms with Crippen molar-refractivity contribution in [3.8, 4) is 0 Å². The maximum atomic E-state index is 13.0. The van der Waals surface area contributed by atoms with Crippen LogP contribution in [0.4, 0.5) is 0 Å². The van der Waals surface area contributed by atoms with Gasteiger partial charge < -0.3 is 9.55 Å². The predicted octanol–water partition coefficient (Wildman–Crippen LogP) is 4.46. The Hall–Kier alpha value is -2.71. The van der Waals surface area contributed by atoms with E-state index < -0.39 is 0 Å². The number of H-pyrrole nitrogens is 1. The lowest BCUT2D eigenvalue weighted by molar-refractivity contribution is 0.101. The standard InChI is InChI=1S/C24H31N5O2S/c1-7-19(28(5)6)23-26-27-24(29(23)13-18-11-9-8-10-12-18)32-14-20(31)22-15(2)21(17(4)30)16(3)25-22/h8-12,19,25H,7,13-14H2,1-6H3/t19-/m1/s1. The second-order valence-electron chi connectivity index (χ2n) is 8.19. The van der Waals surface area contributed by atoms with E-state index in [4.69, 9.17) is 0 Å². The number of thioether (sulfide) groups is 1. The van der Waals surface area contributed by atoms with Crippen molar-refractivity contribution in [2.45, 2.75) is 51.9 Å². The summed E-state index contributed by atoms with van der Waals surface area (Å²) in [6, 6.07) is 10.3. The Morgan fingerprint density at radius 2 is 1.84 bits per heavy atom. The van der Waals surface area contributed by atoms with Gasteiger partial charge in [0.05, 0.1) is 24.0 Å². The van der Waals surface area contributed by atoms with Crippen LogP contribution in [0.5, 0.6) is 0 Å². The molecule has 0 radical (unpaired) electrons. The van der Waals surface area contributed by atoms with E-state index in [9.17, 15) is 9.59 Å². The van der Waals surface area contributed by atoms with Gasteiger partial charge in [0.25, 0.3) is 0 Å². The minimum absolute atomic E-state index is 0.0375. The van der Waals surface area contributed by atoms with E-state index >= 15 is 0 Å². The fourth-order valence-corrected chi connectivity index (χ4v) is 4.92. The lowest BCUT2D eigenvalue weighted by atomic mass is 10.1. The van der Waals surface area contributed by atoms with Crippen LogP contribution in [0.3, 0.4) is 0 Å². The van der Waals surface area contributed by atoms with E-state index in [1.54, 1.807) is 0 Å². The molecule has 0 fully saturated rings. The number of benzene rings is 1. The summed E-state index contributed by atoms with van der Waals surface area (Å²) in [5.41, 5.74) is 3.69. The topological polar surface area (TPSA) is 83.9 Å². The molecule has 0 aliphatic heterocycles. The SMILES string of the molecule is CC[C@H](c1nnc(SCC(=O)c2[nH]c(C)c(C(C)=O)c2C)n1Cc1ccccc1)N(C)C. The summed E-state index contributed by atoms with van der Waals surface area (Å²) in [4.78, 5) is 30.1. The van der Waals surface area contributed by atoms with Gasteiger partial charge in [0, 0.05) is 11.3 Å². The molecule has 0 aliphatic rings. The zero-order valence-electron chi connectivity index (χ0n) is 19.6. The average molecular weight is 454 g/mol. The lowest BCUT2D eigenvalue weighted by Crippen LogP contribution is -2.23. The highest BCUT2D eigenvalue weighted by atomic mass is 32.2. The highest BCUT2D eigenvalue weighted by Crippen LogP contribution is 2.27. The number of carbonyl (C=O) groups excluding carboxylic acids is 2. The molecule has 3 aromatic rings. The molecule has 0 unspecified atom stereocenters. The molecule has 0 amide bonds. The third kappa shape index (κ3) is 5.02. The maximum Gasteiger partial charge on any atom is 0.192 e. The number of nitrogens with zero attached hydrogens (tertiary/aromatic N) is 4. The summed E-state index contributed by atoms with van der Waals surface area (Å²) in [6.45, 7) is 7.93. The van der Waals surface area contributed by atoms with Crippen molar-refractivity contribution in [3.05, 3.63) is 64.2 Å². The molecule has 8 heteroatoms. The molecule has 2 heterocycles. The number of hydrogen-bond acceptors (Lipinski definition) is 6. The monoisotopic (exact) mass is 453 g/mol. The number of aromatic amines is 1. The van der Waals surface area contributed by atoms with Gasteiger partial charge in [-0.15, -0.1) is 10.2 Å². The highest BCUT2D eigenvalue weighted by Gasteiger charge is 2.24. The van der Waals surface area contributed by atoms with Gasteiger partial charge >= 0.3 is 0 Å². The number of Topliss-reactive ketones (excluding diaryl/α,β-unsaturated/α-hetero) is 2. The Bertz CT molecular complexity index is 1100. The Balaban J connectivity index is 1.88. The molecule has 3 rings (SSSR count). The second kappa shape index (κ2) is 10.3. The average Bonchev–Trinajstić information content (AvgIpc) is 3.27. The summed E-state index contributed by atoms with van der Waals surface area (Å²) >= 11 is 1.38. The number of aryl methyl sites for hydroxylation is 1. The Kier molecular flexibility index (Phi) is 7.69. The maximum absolute atomic E-state index is 13.0. The number of ketones is 2. The molecule has 0 saturated carbocycles. The lowest BCUT2D eigenvalue weighted by Gasteiger charge is -2.23. The van der Waals surface area contributed by atoms with Gasteiger partial charge in [0.2, 0.25) is 0 Å². The van der Waals surface area contributed by atoms with Crippen LogP contribution in [-0.2, 0) is 6.54 Å². The van der Waals surface area contributed by atoms with Crippen LogP contribution in [0.1, 0.15) is 69.8 Å². The first-order chi connectivity index (χ1) is 15.2. The smallest absolute Gasteiger partial charge is 0.192 e. The van der Waals surface area contributed by atoms with Crippen molar-refractivity contribution in [2.24, 2.45) is 0 Å². The molecule has 2 aromatic heterocycles. The number of nitrogens with one attached hydrogen (secondary N) is 1. The number of carbonyl (C=O) groups is 2. The summed E-state index contributed by atoms with van der Waals surface area (Å²) < 4.78 is 2.11. The van der Waals surface area contributed by atoms with Gasteiger partial charge in [-0.3, -0.25) is 14.5 Å². The zero-order valence-corrected chi connectivity index (χ0v) is 20.4. The van der Waals surface area contributed by atoms with Gasteiger partial charge in [0.1, 0.15) is 0 Å². The number of hydrogen-bond donors (Lipinski definition) is 1. The van der Waals surface area contributed by atoms with Gasteiger partial charge in [-0.25, -0.2) is 0 Å². The van der Waals surface area contributed by atoms with E-state index in [0.717, 1.165) is 23.5 Å². The van der Waals surface area contributed by atoms with E-state index in [2.05, 4.69) is 43.7 Å². The largest absolute Gasteiger partial charge is 0.355 e. The Morgan fingerprint density at radius 3 is 2.41 bits per heavy atom. The minimum Gasteiger partial charge on any atom is -0.355 e. The van der Waals surface area contributed by atoms with Crippen LogP contribution in [0.15, 0.2) is 35.5 Å². The van der Waals surface area contributed by atoms with Gasteiger partial charge in [-0.05, 0) is 52.4 Å². The summed E-state index contributed by atoms with van der Waals surface area (Å²) in [6.07, 6.45) is 0.901. The molecule has 0 spiro atoms. The van der Waals surface area contributed by atoms with E-state index in [1.807, 2.05) is 46.1 Å². The first-order valence-corrected chi connectivity index (χ1v) is 11.7. The minimum atomic E-state index is -0.0569. The molecule has 1 aromatic carbocycles. The Labute approximate surface area is 193 Å². The molecule has 170 valence electrons. The summed E-state index contributed by atoms with van der Waals surface area (Å²) in [5.74, 6) is 1.01. The second-order valence-corrected chi connectivity index (χ2v) is 9.14. The summed E-state index contributed by atoms with van der Waals surface area (Å²) in [7, 11) is 4.07. The molecule has 7 nitrogen and oxygen atoms in total. The van der Waals surface area contributed by atoms with E-state index in [1.165, 1.54) is 18.7 Å². The van der Waals surface area contributed by atoms with Crippen LogP contribution in [0, 0.1) is 13.8 Å². The number of rotatable bonds is 10. The third-order valence-electron chi connectivity index (χ3n) is 5.64. The van der Waals surface area contributed by atoms with Gasteiger partial charge in [-0.2, -0.15) is 0 Å². The fourth-order valence-electron chi connectivity index (χ4n) is 4.11. The van der Waals surface area contributed by atoms with Crippen molar-refractivity contribution in [1.82, 2.24) is 24.6 Å². The van der Waals surface area contributed by atoms with E-state index in [-0.39, 0.29) is 23.4 Å². The molecule has 32 heavy (non-hydrogen) atoms. The molecule has 1 N–H and O–H groups in total. The van der Waals surface area contributed by atoms with Crippen molar-refractivity contribution in [2.75, 3.05) is 19.8 Å². The molecular formula is C24H31N5O2S. The molecular weight excluding hydrogens is 422 g/mol. The molecule has 0 saturated heterocycles. The van der Waals surface area contributed by atoms with Crippen LogP contribution in [-0.4, -0.2) is 56.1 Å². The number of aromatic nitrogens is 4. The van der Waals surface area contributed by atoms with Gasteiger partial charge in [0.15, 0.2) is 22.5 Å². The highest BCUT2D eigenvalue weighted by molar-refractivity contribution is 7.99. The van der Waals surface area contributed by atoms with Crippen LogP contribution >= 0.6 is 11.8 Å². The quantitative estimate of drug-likeness (QED) is 0.360. The van der Waals surface area contributed by atoms with Crippen LogP contribution < -0.4 is 0 Å². The molecule has 0 bridgehead atoms. The normalized spacial score (nSPS) is 12.3. The predicted molar refractivity (Wildman–Crippen MR) is 128 cm³/mol. The Morgan fingerprint density at radius 1 is 1.16 bits per heavy atom. The third-order valence-corrected chi connectivity index (χ3v) is 6.60. The molecule has 0 aliphatic carbocycles. The first-order valence-electron chi connectivity index (χ1n) is 10.7. The van der Waals surface area contributed by atoms with Crippen LogP contribution in [0.25, 0.3) is 0 Å². The molecule has 1 atom stereocenters. The van der Waals surface area contributed by atoms with Crippen molar-refractivity contribution in [3.63, 3.8) is 0 Å². The van der Waals surface area contributed by atoms with Gasteiger partial charge in [-0.1, -0.05) is 49.0 Å².